The van der Waals surface area contributed by atoms with E-state index in [1.807, 2.05) is 32.3 Å². The molecule has 1 heterocycles. The Labute approximate surface area is 140 Å². The number of hydrogen-bond donors (Lipinski definition) is 1. The van der Waals surface area contributed by atoms with Gasteiger partial charge in [-0.15, -0.1) is 0 Å². The van der Waals surface area contributed by atoms with E-state index in [-0.39, 0.29) is 18.5 Å². The molecular weight excluding hydrogens is 310 g/mol. The molecule has 8 nitrogen and oxygen atoms in total. The Kier molecular flexibility index (Phi) is 5.89. The molecule has 1 N–H and O–H groups in total. The Bertz CT molecular complexity index is 679. The summed E-state index contributed by atoms with van der Waals surface area (Å²) in [7, 11) is 5.10. The van der Waals surface area contributed by atoms with E-state index in [4.69, 9.17) is 9.47 Å². The van der Waals surface area contributed by atoms with Gasteiger partial charge < -0.3 is 19.7 Å². The first-order valence-corrected chi connectivity index (χ1v) is 7.45. The summed E-state index contributed by atoms with van der Waals surface area (Å²) in [5.41, 5.74) is 0. The summed E-state index contributed by atoms with van der Waals surface area (Å²) in [5.74, 6) is 1.24. The van der Waals surface area contributed by atoms with E-state index in [0.717, 1.165) is 0 Å². The number of para-hydroxylation sites is 1. The van der Waals surface area contributed by atoms with Gasteiger partial charge in [0.1, 0.15) is 5.75 Å². The molecule has 0 aliphatic rings. The SMILES string of the molecule is COc1nc(CNC(=O)[C@H](C)Oc2ccccc2)nc(N(C)C)n1. The lowest BCUT2D eigenvalue weighted by Gasteiger charge is -2.15. The van der Waals surface area contributed by atoms with Gasteiger partial charge >= 0.3 is 6.01 Å². The maximum absolute atomic E-state index is 12.1. The highest BCUT2D eigenvalue weighted by Gasteiger charge is 2.16. The third kappa shape index (κ3) is 4.80. The molecule has 1 aromatic heterocycles. The van der Waals surface area contributed by atoms with Crippen LogP contribution in [-0.2, 0) is 11.3 Å². The number of aromatic nitrogens is 3. The van der Waals surface area contributed by atoms with Gasteiger partial charge in [-0.2, -0.15) is 15.0 Å². The number of benzene rings is 1. The summed E-state index contributed by atoms with van der Waals surface area (Å²) in [5, 5.41) is 2.75. The second kappa shape index (κ2) is 8.09. The highest BCUT2D eigenvalue weighted by atomic mass is 16.5. The van der Waals surface area contributed by atoms with E-state index in [1.165, 1.54) is 7.11 Å². The molecule has 1 aromatic carbocycles. The number of nitrogens with one attached hydrogen (secondary N) is 1. The predicted octanol–water partition coefficient (Wildman–Crippen LogP) is 1.03. The molecule has 1 amide bonds. The highest BCUT2D eigenvalue weighted by molar-refractivity contribution is 5.80. The molecule has 128 valence electrons. The van der Waals surface area contributed by atoms with Gasteiger partial charge in [-0.05, 0) is 19.1 Å². The van der Waals surface area contributed by atoms with Crippen LogP contribution in [0, 0.1) is 0 Å². The van der Waals surface area contributed by atoms with Crippen molar-refractivity contribution >= 4 is 11.9 Å². The van der Waals surface area contributed by atoms with Crippen LogP contribution in [0.4, 0.5) is 5.95 Å². The van der Waals surface area contributed by atoms with Crippen LogP contribution in [0.2, 0.25) is 0 Å². The third-order valence-corrected chi connectivity index (χ3v) is 3.08. The quantitative estimate of drug-likeness (QED) is 0.810. The Morgan fingerprint density at radius 2 is 1.92 bits per heavy atom. The lowest BCUT2D eigenvalue weighted by molar-refractivity contribution is -0.127. The predicted molar refractivity (Wildman–Crippen MR) is 89.1 cm³/mol. The number of anilines is 1. The van der Waals surface area contributed by atoms with Crippen molar-refractivity contribution in [2.75, 3.05) is 26.1 Å². The van der Waals surface area contributed by atoms with E-state index in [2.05, 4.69) is 20.3 Å². The minimum atomic E-state index is -0.635. The van der Waals surface area contributed by atoms with Gasteiger partial charge in [0.05, 0.1) is 13.7 Å². The van der Waals surface area contributed by atoms with Gasteiger partial charge in [-0.3, -0.25) is 4.79 Å². The number of methoxy groups -OCH3 is 1. The van der Waals surface area contributed by atoms with Crippen LogP contribution in [0.15, 0.2) is 30.3 Å². The topological polar surface area (TPSA) is 89.5 Å². The smallest absolute Gasteiger partial charge is 0.321 e. The Balaban J connectivity index is 1.97. The zero-order valence-electron chi connectivity index (χ0n) is 14.2. The van der Waals surface area contributed by atoms with Crippen molar-refractivity contribution in [1.82, 2.24) is 20.3 Å². The second-order valence-corrected chi connectivity index (χ2v) is 5.22. The number of carbonyl (C=O) groups excluding carboxylic acids is 1. The largest absolute Gasteiger partial charge is 0.481 e. The van der Waals surface area contributed by atoms with Crippen molar-refractivity contribution in [3.8, 4) is 11.8 Å². The average Bonchev–Trinajstić information content (AvgIpc) is 2.60. The van der Waals surface area contributed by atoms with E-state index in [1.54, 1.807) is 24.0 Å². The molecule has 0 fully saturated rings. The lowest BCUT2D eigenvalue weighted by Crippen LogP contribution is -2.36. The maximum atomic E-state index is 12.1. The van der Waals surface area contributed by atoms with Crippen LogP contribution in [0.5, 0.6) is 11.8 Å². The molecule has 0 saturated heterocycles. The fourth-order valence-electron chi connectivity index (χ4n) is 1.82. The van der Waals surface area contributed by atoms with Crippen LogP contribution in [-0.4, -0.2) is 48.2 Å². The summed E-state index contributed by atoms with van der Waals surface area (Å²) >= 11 is 0. The number of ether oxygens (including phenoxy) is 2. The monoisotopic (exact) mass is 331 g/mol. The molecule has 2 rings (SSSR count). The van der Waals surface area contributed by atoms with Crippen molar-refractivity contribution in [3.05, 3.63) is 36.2 Å². The Morgan fingerprint density at radius 3 is 2.54 bits per heavy atom. The van der Waals surface area contributed by atoms with Gasteiger partial charge in [0, 0.05) is 14.1 Å². The number of hydrogen-bond acceptors (Lipinski definition) is 7. The van der Waals surface area contributed by atoms with Crippen molar-refractivity contribution in [1.29, 1.82) is 0 Å². The summed E-state index contributed by atoms with van der Waals surface area (Å²) < 4.78 is 10.6. The van der Waals surface area contributed by atoms with Gasteiger partial charge in [-0.25, -0.2) is 0 Å². The first-order valence-electron chi connectivity index (χ1n) is 7.45. The normalized spacial score (nSPS) is 11.5. The molecular formula is C16H21N5O3. The van der Waals surface area contributed by atoms with E-state index < -0.39 is 6.10 Å². The zero-order chi connectivity index (χ0) is 17.5. The second-order valence-electron chi connectivity index (χ2n) is 5.22. The minimum Gasteiger partial charge on any atom is -0.481 e. The summed E-state index contributed by atoms with van der Waals surface area (Å²) in [4.78, 5) is 26.4. The average molecular weight is 331 g/mol. The summed E-state index contributed by atoms with van der Waals surface area (Å²) in [6.45, 7) is 1.84. The van der Waals surface area contributed by atoms with E-state index in [9.17, 15) is 4.79 Å². The van der Waals surface area contributed by atoms with Crippen molar-refractivity contribution in [2.24, 2.45) is 0 Å². The molecule has 8 heteroatoms. The molecule has 0 spiro atoms. The van der Waals surface area contributed by atoms with Crippen molar-refractivity contribution in [3.63, 3.8) is 0 Å². The van der Waals surface area contributed by atoms with Crippen molar-refractivity contribution in [2.45, 2.75) is 19.6 Å². The van der Waals surface area contributed by atoms with Crippen LogP contribution in [0.3, 0.4) is 0 Å². The molecule has 0 radical (unpaired) electrons. The molecule has 0 bridgehead atoms. The third-order valence-electron chi connectivity index (χ3n) is 3.08. The minimum absolute atomic E-state index is 0.154. The Hall–Kier alpha value is -2.90. The first-order chi connectivity index (χ1) is 11.5. The highest BCUT2D eigenvalue weighted by Crippen LogP contribution is 2.11. The zero-order valence-corrected chi connectivity index (χ0v) is 14.2. The van der Waals surface area contributed by atoms with Crippen molar-refractivity contribution < 1.29 is 14.3 Å². The molecule has 0 unspecified atom stereocenters. The van der Waals surface area contributed by atoms with Gasteiger partial charge in [-0.1, -0.05) is 18.2 Å². The van der Waals surface area contributed by atoms with Crippen LogP contribution in [0.25, 0.3) is 0 Å². The lowest BCUT2D eigenvalue weighted by atomic mass is 10.3. The standard InChI is InChI=1S/C16H21N5O3/c1-11(24-12-8-6-5-7-9-12)14(22)17-10-13-18-15(21(2)3)20-16(19-13)23-4/h5-9,11H,10H2,1-4H3,(H,17,22)/t11-/m0/s1. The van der Waals surface area contributed by atoms with Gasteiger partial charge in [0.25, 0.3) is 5.91 Å². The fourth-order valence-corrected chi connectivity index (χ4v) is 1.82. The van der Waals surface area contributed by atoms with Crippen LogP contribution >= 0.6 is 0 Å². The summed E-state index contributed by atoms with van der Waals surface area (Å²) in [6.07, 6.45) is -0.635. The molecule has 1 atom stereocenters. The Morgan fingerprint density at radius 1 is 1.21 bits per heavy atom. The number of carbonyl (C=O) groups is 1. The maximum Gasteiger partial charge on any atom is 0.321 e. The number of amides is 1. The van der Waals surface area contributed by atoms with E-state index >= 15 is 0 Å². The van der Waals surface area contributed by atoms with Crippen LogP contribution < -0.4 is 19.7 Å². The number of rotatable bonds is 7. The van der Waals surface area contributed by atoms with Crippen LogP contribution in [0.1, 0.15) is 12.7 Å². The molecule has 0 aliphatic heterocycles. The van der Waals surface area contributed by atoms with E-state index in [0.29, 0.717) is 17.5 Å². The van der Waals surface area contributed by atoms with Gasteiger partial charge in [0.15, 0.2) is 11.9 Å². The molecule has 2 aromatic rings. The molecule has 0 aliphatic carbocycles. The molecule has 0 saturated carbocycles. The first kappa shape index (κ1) is 17.5. The summed E-state index contributed by atoms with van der Waals surface area (Å²) in [6, 6.07) is 9.37. The fraction of sp³-hybridized carbons (Fsp3) is 0.375. The molecule has 24 heavy (non-hydrogen) atoms. The van der Waals surface area contributed by atoms with Gasteiger partial charge in [0.2, 0.25) is 5.95 Å². The number of nitrogens with zero attached hydrogens (tertiary/aromatic N) is 4.